The van der Waals surface area contributed by atoms with Crippen molar-refractivity contribution in [2.45, 2.75) is 33.1 Å². The van der Waals surface area contributed by atoms with Crippen molar-refractivity contribution in [2.75, 3.05) is 0 Å². The Bertz CT molecular complexity index is 580. The molecule has 2 rings (SSSR count). The highest BCUT2D eigenvalue weighted by Gasteiger charge is 2.12. The van der Waals surface area contributed by atoms with Crippen LogP contribution < -0.4 is 0 Å². The maximum absolute atomic E-state index is 3.72. The third-order valence-electron chi connectivity index (χ3n) is 3.29. The molecule has 0 aliphatic heterocycles. The van der Waals surface area contributed by atoms with Crippen LogP contribution in [0.5, 0.6) is 0 Å². The molecule has 0 heteroatoms. The first-order valence-electron chi connectivity index (χ1n) is 7.29. The maximum atomic E-state index is 3.72. The lowest BCUT2D eigenvalue weighted by Gasteiger charge is -2.18. The minimum Gasteiger partial charge on any atom is -0.0985 e. The number of benzene rings is 2. The molecule has 0 amide bonds. The molecule has 0 nitrogen and oxygen atoms in total. The first kappa shape index (κ1) is 17.0. The lowest BCUT2D eigenvalue weighted by molar-refractivity contribution is 0.590. The third-order valence-corrected chi connectivity index (χ3v) is 3.29. The monoisotopic (exact) mass is 278 g/mol. The van der Waals surface area contributed by atoms with Crippen LogP contribution >= 0.6 is 0 Å². The molecule has 0 bridgehead atoms. The Hall–Kier alpha value is -2.08. The molecule has 110 valence electrons. The van der Waals surface area contributed by atoms with Gasteiger partial charge < -0.3 is 0 Å². The first-order chi connectivity index (χ1) is 9.86. The van der Waals surface area contributed by atoms with Crippen LogP contribution in [-0.2, 0) is 5.41 Å². The van der Waals surface area contributed by atoms with Crippen LogP contribution in [0.2, 0.25) is 0 Å². The van der Waals surface area contributed by atoms with Crippen molar-refractivity contribution in [1.29, 1.82) is 0 Å². The average molecular weight is 278 g/mol. The molecule has 0 spiro atoms. The summed E-state index contributed by atoms with van der Waals surface area (Å²) in [5, 5.41) is 0. The Morgan fingerprint density at radius 2 is 1.38 bits per heavy atom. The lowest BCUT2D eigenvalue weighted by atomic mass is 9.87. The van der Waals surface area contributed by atoms with Gasteiger partial charge in [0, 0.05) is 0 Å². The van der Waals surface area contributed by atoms with Crippen LogP contribution in [0.3, 0.4) is 0 Å². The molecule has 0 saturated carbocycles. The highest BCUT2D eigenvalue weighted by atomic mass is 14.2. The third kappa shape index (κ3) is 5.83. The van der Waals surface area contributed by atoms with Crippen LogP contribution in [-0.4, -0.2) is 0 Å². The van der Waals surface area contributed by atoms with E-state index in [9.17, 15) is 0 Å². The van der Waals surface area contributed by atoms with Crippen molar-refractivity contribution >= 4 is 12.2 Å². The summed E-state index contributed by atoms with van der Waals surface area (Å²) < 4.78 is 0. The van der Waals surface area contributed by atoms with E-state index in [2.05, 4.69) is 77.3 Å². The zero-order chi connectivity index (χ0) is 15.9. The van der Waals surface area contributed by atoms with Gasteiger partial charge in [0.25, 0.3) is 0 Å². The Morgan fingerprint density at radius 3 is 1.76 bits per heavy atom. The summed E-state index contributed by atoms with van der Waals surface area (Å²) in [4.78, 5) is 0. The second-order valence-electron chi connectivity index (χ2n) is 6.19. The van der Waals surface area contributed by atoms with E-state index < -0.39 is 0 Å². The van der Waals surface area contributed by atoms with Gasteiger partial charge in [0.15, 0.2) is 0 Å². The normalized spacial score (nSPS) is 10.3. The average Bonchev–Trinajstić information content (AvgIpc) is 2.47. The largest absolute Gasteiger partial charge is 0.0985 e. The van der Waals surface area contributed by atoms with Crippen molar-refractivity contribution < 1.29 is 0 Å². The summed E-state index contributed by atoms with van der Waals surface area (Å²) in [6.07, 6.45) is 3.72. The zero-order valence-corrected chi connectivity index (χ0v) is 13.7. The molecule has 2 aromatic rings. The molecule has 2 aromatic carbocycles. The van der Waals surface area contributed by atoms with Gasteiger partial charge in [0.2, 0.25) is 0 Å². The fourth-order valence-electron chi connectivity index (χ4n) is 1.92. The number of rotatable bonds is 2. The SMILES string of the molecule is C=Cc1ccc(C(C)(C)C)cc1.C=Cc1cccc(C)c1. The Labute approximate surface area is 129 Å². The molecule has 0 aliphatic rings. The van der Waals surface area contributed by atoms with E-state index in [-0.39, 0.29) is 5.41 Å². The Balaban J connectivity index is 0.000000219. The van der Waals surface area contributed by atoms with Gasteiger partial charge in [-0.15, -0.1) is 0 Å². The second-order valence-corrected chi connectivity index (χ2v) is 6.19. The minimum absolute atomic E-state index is 0.250. The van der Waals surface area contributed by atoms with E-state index in [0.29, 0.717) is 0 Å². The molecule has 0 radical (unpaired) electrons. The number of aryl methyl sites for hydroxylation is 1. The van der Waals surface area contributed by atoms with Gasteiger partial charge in [-0.25, -0.2) is 0 Å². The summed E-state index contributed by atoms with van der Waals surface area (Å²) in [5.41, 5.74) is 5.28. The number of hydrogen-bond acceptors (Lipinski definition) is 0. The zero-order valence-electron chi connectivity index (χ0n) is 13.7. The van der Waals surface area contributed by atoms with Gasteiger partial charge in [-0.2, -0.15) is 0 Å². The molecule has 0 heterocycles. The van der Waals surface area contributed by atoms with E-state index in [0.717, 1.165) is 0 Å². The van der Waals surface area contributed by atoms with Gasteiger partial charge >= 0.3 is 0 Å². The van der Waals surface area contributed by atoms with Gasteiger partial charge in [0.05, 0.1) is 0 Å². The number of hydrogen-bond donors (Lipinski definition) is 0. The molecule has 0 aromatic heterocycles. The van der Waals surface area contributed by atoms with Crippen molar-refractivity contribution in [3.63, 3.8) is 0 Å². The van der Waals surface area contributed by atoms with E-state index in [1.54, 1.807) is 0 Å². The predicted molar refractivity (Wildman–Crippen MR) is 96.5 cm³/mol. The summed E-state index contributed by atoms with van der Waals surface area (Å²) in [5.74, 6) is 0. The van der Waals surface area contributed by atoms with Crippen molar-refractivity contribution in [2.24, 2.45) is 0 Å². The van der Waals surface area contributed by atoms with Crippen LogP contribution in [0.25, 0.3) is 12.2 Å². The Kier molecular flexibility index (Phi) is 6.17. The van der Waals surface area contributed by atoms with Gasteiger partial charge in [-0.1, -0.05) is 100 Å². The van der Waals surface area contributed by atoms with Gasteiger partial charge in [-0.05, 0) is 29.0 Å². The quantitative estimate of drug-likeness (QED) is 0.607. The first-order valence-corrected chi connectivity index (χ1v) is 7.29. The summed E-state index contributed by atoms with van der Waals surface area (Å²) in [6, 6.07) is 16.8. The molecular weight excluding hydrogens is 252 g/mol. The predicted octanol–water partition coefficient (Wildman–Crippen LogP) is 6.27. The highest BCUT2D eigenvalue weighted by molar-refractivity contribution is 5.48. The van der Waals surface area contributed by atoms with Crippen LogP contribution in [0.4, 0.5) is 0 Å². The maximum Gasteiger partial charge on any atom is -0.0132 e. The molecule has 0 saturated heterocycles. The van der Waals surface area contributed by atoms with E-state index in [1.165, 1.54) is 22.3 Å². The molecule has 21 heavy (non-hydrogen) atoms. The van der Waals surface area contributed by atoms with Crippen LogP contribution in [0.1, 0.15) is 43.0 Å². The second kappa shape index (κ2) is 7.64. The Morgan fingerprint density at radius 1 is 0.810 bits per heavy atom. The topological polar surface area (TPSA) is 0 Å². The fourth-order valence-corrected chi connectivity index (χ4v) is 1.92. The lowest BCUT2D eigenvalue weighted by Crippen LogP contribution is -2.10. The molecule has 0 fully saturated rings. The summed E-state index contributed by atoms with van der Waals surface area (Å²) in [6.45, 7) is 16.1. The van der Waals surface area contributed by atoms with Crippen molar-refractivity contribution in [3.05, 3.63) is 83.9 Å². The highest BCUT2D eigenvalue weighted by Crippen LogP contribution is 2.22. The standard InChI is InChI=1S/C12H16.C9H10/c1-5-10-6-8-11(9-7-10)12(2,3)4;1-3-9-6-4-5-8(2)7-9/h5-9H,1H2,2-4H3;3-7H,1H2,2H3. The molecule has 0 N–H and O–H groups in total. The molecule has 0 aliphatic carbocycles. The van der Waals surface area contributed by atoms with Gasteiger partial charge in [-0.3, -0.25) is 0 Å². The van der Waals surface area contributed by atoms with Crippen LogP contribution in [0, 0.1) is 6.92 Å². The molecule has 0 atom stereocenters. The fraction of sp³-hybridized carbons (Fsp3) is 0.238. The molecule has 0 unspecified atom stereocenters. The summed E-state index contributed by atoms with van der Waals surface area (Å²) in [7, 11) is 0. The van der Waals surface area contributed by atoms with Crippen molar-refractivity contribution in [1.82, 2.24) is 0 Å². The molecular formula is C21H26. The van der Waals surface area contributed by atoms with E-state index in [1.807, 2.05) is 24.3 Å². The smallest absolute Gasteiger partial charge is 0.0132 e. The van der Waals surface area contributed by atoms with E-state index >= 15 is 0 Å². The van der Waals surface area contributed by atoms with Crippen LogP contribution in [0.15, 0.2) is 61.7 Å². The van der Waals surface area contributed by atoms with Crippen molar-refractivity contribution in [3.8, 4) is 0 Å². The minimum atomic E-state index is 0.250. The summed E-state index contributed by atoms with van der Waals surface area (Å²) >= 11 is 0. The van der Waals surface area contributed by atoms with Gasteiger partial charge in [0.1, 0.15) is 0 Å². The van der Waals surface area contributed by atoms with E-state index in [4.69, 9.17) is 0 Å².